The van der Waals surface area contributed by atoms with Crippen LogP contribution in [0.25, 0.3) is 0 Å². The highest BCUT2D eigenvalue weighted by molar-refractivity contribution is 5.71. The van der Waals surface area contributed by atoms with Gasteiger partial charge in [0.2, 0.25) is 0 Å². The van der Waals surface area contributed by atoms with Crippen LogP contribution in [0.4, 0.5) is 0 Å². The lowest BCUT2D eigenvalue weighted by atomic mass is 10.1. The molecule has 0 saturated heterocycles. The molecule has 0 aliphatic carbocycles. The maximum Gasteiger partial charge on any atom is 0.306 e. The predicted molar refractivity (Wildman–Crippen MR) is 183 cm³/mol. The first-order valence-corrected chi connectivity index (χ1v) is 19.0. The van der Waals surface area contributed by atoms with Crippen molar-refractivity contribution in [2.24, 2.45) is 0 Å². The number of rotatable bonds is 34. The highest BCUT2D eigenvalue weighted by Crippen LogP contribution is 2.14. The molecule has 0 rings (SSSR count). The molecular formula is C38H72O6. The number of ether oxygens (including phenoxy) is 3. The molecule has 0 aromatic rings. The Labute approximate surface area is 272 Å². The fourth-order valence-electron chi connectivity index (χ4n) is 5.44. The minimum Gasteiger partial charge on any atom is -0.462 e. The monoisotopic (exact) mass is 625 g/mol. The van der Waals surface area contributed by atoms with Crippen molar-refractivity contribution in [2.45, 2.75) is 213 Å². The largest absolute Gasteiger partial charge is 0.462 e. The second kappa shape index (κ2) is 34.3. The van der Waals surface area contributed by atoms with E-state index in [1.165, 1.54) is 109 Å². The lowest BCUT2D eigenvalue weighted by molar-refractivity contribution is -0.167. The van der Waals surface area contributed by atoms with Crippen molar-refractivity contribution in [1.29, 1.82) is 0 Å². The fraction of sp³-hybridized carbons (Fsp3) is 0.921. The van der Waals surface area contributed by atoms with Gasteiger partial charge >= 0.3 is 17.9 Å². The fourth-order valence-corrected chi connectivity index (χ4v) is 5.44. The Hall–Kier alpha value is -1.59. The molecule has 0 fully saturated rings. The van der Waals surface area contributed by atoms with Crippen LogP contribution in [0.1, 0.15) is 207 Å². The molecule has 0 spiro atoms. The van der Waals surface area contributed by atoms with Crippen LogP contribution in [0.15, 0.2) is 0 Å². The first-order valence-electron chi connectivity index (χ1n) is 19.0. The van der Waals surface area contributed by atoms with Crippen molar-refractivity contribution < 1.29 is 28.6 Å². The Kier molecular flexibility index (Phi) is 33.0. The summed E-state index contributed by atoms with van der Waals surface area (Å²) in [6.45, 7) is 6.54. The third-order valence-electron chi connectivity index (χ3n) is 8.36. The Bertz CT molecular complexity index is 649. The van der Waals surface area contributed by atoms with Gasteiger partial charge in [0.1, 0.15) is 13.2 Å². The standard InChI is InChI=1S/C38H72O6/c1-4-7-10-13-16-18-20-22-25-28-31-37(40)43-34-35(33-42-36(39)30-27-24-15-12-9-6-3)44-38(41)32-29-26-23-21-19-17-14-11-8-5-2/h35H,4-34H2,1-3H3. The summed E-state index contributed by atoms with van der Waals surface area (Å²) in [5, 5.41) is 0. The molecule has 0 N–H and O–H groups in total. The smallest absolute Gasteiger partial charge is 0.306 e. The minimum absolute atomic E-state index is 0.0648. The molecule has 0 saturated carbocycles. The summed E-state index contributed by atoms with van der Waals surface area (Å²) in [4.78, 5) is 37.2. The van der Waals surface area contributed by atoms with Gasteiger partial charge in [-0.2, -0.15) is 0 Å². The summed E-state index contributed by atoms with van der Waals surface area (Å²) in [5.74, 6) is -0.876. The van der Waals surface area contributed by atoms with Crippen LogP contribution >= 0.6 is 0 Å². The van der Waals surface area contributed by atoms with E-state index in [4.69, 9.17) is 14.2 Å². The van der Waals surface area contributed by atoms with Gasteiger partial charge in [-0.15, -0.1) is 0 Å². The normalized spacial score (nSPS) is 11.8. The van der Waals surface area contributed by atoms with Gasteiger partial charge in [0.25, 0.3) is 0 Å². The first kappa shape index (κ1) is 42.4. The van der Waals surface area contributed by atoms with E-state index in [1.54, 1.807) is 0 Å². The second-order valence-electron chi connectivity index (χ2n) is 12.9. The van der Waals surface area contributed by atoms with Gasteiger partial charge in [0.15, 0.2) is 6.10 Å². The Morgan fingerprint density at radius 1 is 0.364 bits per heavy atom. The number of unbranched alkanes of at least 4 members (excludes halogenated alkanes) is 23. The van der Waals surface area contributed by atoms with E-state index in [-0.39, 0.29) is 31.1 Å². The average Bonchev–Trinajstić information content (AvgIpc) is 3.02. The van der Waals surface area contributed by atoms with Crippen LogP contribution in [0.2, 0.25) is 0 Å². The summed E-state index contributed by atoms with van der Waals surface area (Å²) in [6.07, 6.45) is 31.0. The number of hydrogen-bond donors (Lipinski definition) is 0. The summed E-state index contributed by atoms with van der Waals surface area (Å²) in [5.41, 5.74) is 0. The molecule has 6 nitrogen and oxygen atoms in total. The highest BCUT2D eigenvalue weighted by atomic mass is 16.6. The molecule has 260 valence electrons. The SMILES string of the molecule is CCCCCCCCCCCCC(=O)OCC(COC(=O)CCCCCCCC)OC(=O)CCCCCCCCCCCC. The van der Waals surface area contributed by atoms with Crippen LogP contribution in [-0.4, -0.2) is 37.2 Å². The zero-order valence-electron chi connectivity index (χ0n) is 29.4. The van der Waals surface area contributed by atoms with E-state index in [0.717, 1.165) is 57.8 Å². The second-order valence-corrected chi connectivity index (χ2v) is 12.9. The molecule has 1 atom stereocenters. The van der Waals surface area contributed by atoms with Crippen LogP contribution in [0, 0.1) is 0 Å². The molecule has 0 aromatic heterocycles. The van der Waals surface area contributed by atoms with E-state index in [2.05, 4.69) is 20.8 Å². The van der Waals surface area contributed by atoms with Gasteiger partial charge in [-0.3, -0.25) is 14.4 Å². The third-order valence-corrected chi connectivity index (χ3v) is 8.36. The molecule has 44 heavy (non-hydrogen) atoms. The van der Waals surface area contributed by atoms with Crippen LogP contribution in [0.3, 0.4) is 0 Å². The Morgan fingerprint density at radius 3 is 0.909 bits per heavy atom. The predicted octanol–water partition coefficient (Wildman–Crippen LogP) is 11.4. The number of hydrogen-bond acceptors (Lipinski definition) is 6. The molecule has 0 aliphatic heterocycles. The average molecular weight is 625 g/mol. The van der Waals surface area contributed by atoms with Crippen molar-refractivity contribution in [3.05, 3.63) is 0 Å². The molecule has 0 amide bonds. The van der Waals surface area contributed by atoms with Crippen LogP contribution in [0.5, 0.6) is 0 Å². The lowest BCUT2D eigenvalue weighted by Crippen LogP contribution is -2.30. The minimum atomic E-state index is -0.754. The summed E-state index contributed by atoms with van der Waals surface area (Å²) in [7, 11) is 0. The van der Waals surface area contributed by atoms with Crippen molar-refractivity contribution in [3.8, 4) is 0 Å². The van der Waals surface area contributed by atoms with Crippen molar-refractivity contribution in [2.75, 3.05) is 13.2 Å². The van der Waals surface area contributed by atoms with E-state index in [0.29, 0.717) is 19.3 Å². The van der Waals surface area contributed by atoms with Gasteiger partial charge < -0.3 is 14.2 Å². The Morgan fingerprint density at radius 2 is 0.614 bits per heavy atom. The van der Waals surface area contributed by atoms with Crippen LogP contribution in [-0.2, 0) is 28.6 Å². The number of carbonyl (C=O) groups excluding carboxylic acids is 3. The highest BCUT2D eigenvalue weighted by Gasteiger charge is 2.19. The molecule has 0 aliphatic rings. The molecule has 0 heterocycles. The lowest BCUT2D eigenvalue weighted by Gasteiger charge is -2.18. The van der Waals surface area contributed by atoms with Crippen LogP contribution < -0.4 is 0 Å². The van der Waals surface area contributed by atoms with Gasteiger partial charge in [-0.25, -0.2) is 0 Å². The maximum atomic E-state index is 12.5. The van der Waals surface area contributed by atoms with E-state index in [1.807, 2.05) is 0 Å². The van der Waals surface area contributed by atoms with Gasteiger partial charge in [-0.1, -0.05) is 168 Å². The molecule has 6 heteroatoms. The number of esters is 3. The van der Waals surface area contributed by atoms with E-state index >= 15 is 0 Å². The topological polar surface area (TPSA) is 78.9 Å². The van der Waals surface area contributed by atoms with E-state index < -0.39 is 6.10 Å². The Balaban J connectivity index is 4.31. The molecular weight excluding hydrogens is 552 g/mol. The van der Waals surface area contributed by atoms with E-state index in [9.17, 15) is 14.4 Å². The van der Waals surface area contributed by atoms with Gasteiger partial charge in [0, 0.05) is 19.3 Å². The van der Waals surface area contributed by atoms with Gasteiger partial charge in [-0.05, 0) is 19.3 Å². The molecule has 0 aromatic carbocycles. The quantitative estimate of drug-likeness (QED) is 0.0402. The number of carbonyl (C=O) groups is 3. The van der Waals surface area contributed by atoms with Crippen molar-refractivity contribution in [1.82, 2.24) is 0 Å². The molecule has 0 radical (unpaired) electrons. The zero-order valence-corrected chi connectivity index (χ0v) is 29.4. The molecule has 0 bridgehead atoms. The zero-order chi connectivity index (χ0) is 32.4. The maximum absolute atomic E-state index is 12.5. The summed E-state index contributed by atoms with van der Waals surface area (Å²) >= 11 is 0. The summed E-state index contributed by atoms with van der Waals surface area (Å²) in [6, 6.07) is 0. The van der Waals surface area contributed by atoms with Gasteiger partial charge in [0.05, 0.1) is 0 Å². The third kappa shape index (κ3) is 31.8. The summed E-state index contributed by atoms with van der Waals surface area (Å²) < 4.78 is 16.5. The molecule has 1 unspecified atom stereocenters. The van der Waals surface area contributed by atoms with Crippen molar-refractivity contribution in [3.63, 3.8) is 0 Å². The first-order chi connectivity index (χ1) is 21.5. The van der Waals surface area contributed by atoms with Crippen molar-refractivity contribution >= 4 is 17.9 Å².